The van der Waals surface area contributed by atoms with Crippen molar-refractivity contribution < 1.29 is 13.9 Å². The zero-order valence-corrected chi connectivity index (χ0v) is 10.1. The standard InChI is InChI=1S/C11H9ClFN3O2/c1-17-8-5-9(16-11(14)15-8)18-7-4-2-3-6(12)10(7)13/h2-5H,1H3,(H2,14,15,16). The summed E-state index contributed by atoms with van der Waals surface area (Å²) in [6.45, 7) is 0. The zero-order valence-electron chi connectivity index (χ0n) is 9.35. The van der Waals surface area contributed by atoms with Gasteiger partial charge in [0.1, 0.15) is 0 Å². The molecule has 0 fully saturated rings. The predicted molar refractivity (Wildman–Crippen MR) is 64.5 cm³/mol. The third kappa shape index (κ3) is 2.60. The summed E-state index contributed by atoms with van der Waals surface area (Å²) in [6, 6.07) is 5.78. The minimum atomic E-state index is -0.671. The Hall–Kier alpha value is -2.08. The maximum Gasteiger partial charge on any atom is 0.228 e. The number of halogens is 2. The molecule has 1 aromatic carbocycles. The number of nitrogens with zero attached hydrogens (tertiary/aromatic N) is 2. The Morgan fingerprint density at radius 2 is 2.00 bits per heavy atom. The van der Waals surface area contributed by atoms with Gasteiger partial charge in [0, 0.05) is 0 Å². The van der Waals surface area contributed by atoms with Crippen molar-refractivity contribution in [3.8, 4) is 17.5 Å². The van der Waals surface area contributed by atoms with Crippen molar-refractivity contribution >= 4 is 17.5 Å². The summed E-state index contributed by atoms with van der Waals surface area (Å²) in [6.07, 6.45) is 0. The molecule has 1 heterocycles. The highest BCUT2D eigenvalue weighted by Crippen LogP contribution is 2.29. The van der Waals surface area contributed by atoms with Crippen molar-refractivity contribution in [2.75, 3.05) is 12.8 Å². The second-order valence-electron chi connectivity index (χ2n) is 3.26. The Balaban J connectivity index is 2.34. The van der Waals surface area contributed by atoms with E-state index in [4.69, 9.17) is 26.8 Å². The molecule has 2 rings (SSSR count). The first-order valence-corrected chi connectivity index (χ1v) is 5.28. The van der Waals surface area contributed by atoms with Crippen LogP contribution in [-0.4, -0.2) is 17.1 Å². The van der Waals surface area contributed by atoms with Gasteiger partial charge in [-0.25, -0.2) is 4.39 Å². The van der Waals surface area contributed by atoms with E-state index in [0.717, 1.165) is 0 Å². The van der Waals surface area contributed by atoms with Gasteiger partial charge in [0.05, 0.1) is 18.2 Å². The third-order valence-electron chi connectivity index (χ3n) is 2.04. The molecule has 0 saturated carbocycles. The summed E-state index contributed by atoms with van der Waals surface area (Å²) >= 11 is 5.63. The predicted octanol–water partition coefficient (Wildman–Crippen LogP) is 2.65. The highest BCUT2D eigenvalue weighted by molar-refractivity contribution is 6.30. The molecule has 5 nitrogen and oxygen atoms in total. The van der Waals surface area contributed by atoms with Crippen LogP contribution in [0.25, 0.3) is 0 Å². The fourth-order valence-corrected chi connectivity index (χ4v) is 1.42. The molecule has 0 aliphatic rings. The Kier molecular flexibility index (Phi) is 3.47. The van der Waals surface area contributed by atoms with Gasteiger partial charge in [-0.2, -0.15) is 9.97 Å². The average molecular weight is 270 g/mol. The molecular weight excluding hydrogens is 261 g/mol. The number of hydrogen-bond donors (Lipinski definition) is 1. The van der Waals surface area contributed by atoms with Gasteiger partial charge < -0.3 is 15.2 Å². The number of ether oxygens (including phenoxy) is 2. The van der Waals surface area contributed by atoms with Crippen molar-refractivity contribution in [3.63, 3.8) is 0 Å². The van der Waals surface area contributed by atoms with Gasteiger partial charge >= 0.3 is 0 Å². The molecule has 2 N–H and O–H groups in total. The molecule has 1 aromatic heterocycles. The molecule has 18 heavy (non-hydrogen) atoms. The number of anilines is 1. The number of nitrogen functional groups attached to an aromatic ring is 1. The molecule has 94 valence electrons. The van der Waals surface area contributed by atoms with E-state index in [1.165, 1.54) is 25.3 Å². The number of methoxy groups -OCH3 is 1. The van der Waals surface area contributed by atoms with E-state index < -0.39 is 5.82 Å². The Labute approximate surface area is 107 Å². The minimum absolute atomic E-state index is 0.0354. The van der Waals surface area contributed by atoms with Crippen LogP contribution in [0.1, 0.15) is 0 Å². The van der Waals surface area contributed by atoms with Crippen molar-refractivity contribution in [1.29, 1.82) is 0 Å². The molecule has 0 aliphatic carbocycles. The van der Waals surface area contributed by atoms with Gasteiger partial charge in [-0.05, 0) is 12.1 Å². The van der Waals surface area contributed by atoms with Crippen LogP contribution in [0.5, 0.6) is 17.5 Å². The van der Waals surface area contributed by atoms with Crippen molar-refractivity contribution in [3.05, 3.63) is 35.1 Å². The Morgan fingerprint density at radius 3 is 2.72 bits per heavy atom. The van der Waals surface area contributed by atoms with Crippen LogP contribution in [0, 0.1) is 5.82 Å². The minimum Gasteiger partial charge on any atom is -0.481 e. The van der Waals surface area contributed by atoms with Gasteiger partial charge in [0.25, 0.3) is 0 Å². The number of hydrogen-bond acceptors (Lipinski definition) is 5. The maximum absolute atomic E-state index is 13.6. The summed E-state index contributed by atoms with van der Waals surface area (Å²) in [4.78, 5) is 7.58. The molecule has 0 radical (unpaired) electrons. The summed E-state index contributed by atoms with van der Waals surface area (Å²) in [7, 11) is 1.42. The molecule has 0 spiro atoms. The Bertz CT molecular complexity index is 580. The van der Waals surface area contributed by atoms with Crippen molar-refractivity contribution in [1.82, 2.24) is 9.97 Å². The summed E-state index contributed by atoms with van der Waals surface area (Å²) < 4.78 is 23.7. The smallest absolute Gasteiger partial charge is 0.228 e. The van der Waals surface area contributed by atoms with Gasteiger partial charge in [0.2, 0.25) is 17.7 Å². The highest BCUT2D eigenvalue weighted by atomic mass is 35.5. The van der Waals surface area contributed by atoms with Crippen LogP contribution in [0.3, 0.4) is 0 Å². The quantitative estimate of drug-likeness (QED) is 0.927. The van der Waals surface area contributed by atoms with Crippen molar-refractivity contribution in [2.45, 2.75) is 0 Å². The van der Waals surface area contributed by atoms with E-state index in [-0.39, 0.29) is 28.5 Å². The van der Waals surface area contributed by atoms with Gasteiger partial charge in [-0.3, -0.25) is 0 Å². The molecule has 0 amide bonds. The SMILES string of the molecule is COc1cc(Oc2cccc(Cl)c2F)nc(N)n1. The lowest BCUT2D eigenvalue weighted by molar-refractivity contribution is 0.385. The topological polar surface area (TPSA) is 70.3 Å². The lowest BCUT2D eigenvalue weighted by Gasteiger charge is -2.08. The fourth-order valence-electron chi connectivity index (χ4n) is 1.25. The van der Waals surface area contributed by atoms with E-state index in [1.807, 2.05) is 0 Å². The van der Waals surface area contributed by atoms with E-state index in [9.17, 15) is 4.39 Å². The second kappa shape index (κ2) is 5.05. The van der Waals surface area contributed by atoms with Crippen LogP contribution in [0.4, 0.5) is 10.3 Å². The average Bonchev–Trinajstić information content (AvgIpc) is 2.34. The normalized spacial score (nSPS) is 10.2. The molecule has 0 bridgehead atoms. The monoisotopic (exact) mass is 269 g/mol. The summed E-state index contributed by atoms with van der Waals surface area (Å²) in [5.41, 5.74) is 5.45. The van der Waals surface area contributed by atoms with E-state index in [0.29, 0.717) is 0 Å². The third-order valence-corrected chi connectivity index (χ3v) is 2.33. The first kappa shape index (κ1) is 12.4. The molecule has 7 heteroatoms. The molecule has 0 saturated heterocycles. The molecule has 0 unspecified atom stereocenters. The van der Waals surface area contributed by atoms with Gasteiger partial charge in [-0.15, -0.1) is 0 Å². The lowest BCUT2D eigenvalue weighted by atomic mass is 10.3. The number of nitrogens with two attached hydrogens (primary N) is 1. The largest absolute Gasteiger partial charge is 0.481 e. The van der Waals surface area contributed by atoms with Crippen LogP contribution >= 0.6 is 11.6 Å². The second-order valence-corrected chi connectivity index (χ2v) is 3.67. The van der Waals surface area contributed by atoms with Gasteiger partial charge in [-0.1, -0.05) is 17.7 Å². The number of aromatic nitrogens is 2. The van der Waals surface area contributed by atoms with Gasteiger partial charge in [0.15, 0.2) is 11.6 Å². The number of benzene rings is 1. The van der Waals surface area contributed by atoms with Crippen molar-refractivity contribution in [2.24, 2.45) is 0 Å². The van der Waals surface area contributed by atoms with Crippen LogP contribution in [-0.2, 0) is 0 Å². The van der Waals surface area contributed by atoms with Crippen LogP contribution < -0.4 is 15.2 Å². The number of rotatable bonds is 3. The molecule has 2 aromatic rings. The molecular formula is C11H9ClFN3O2. The highest BCUT2D eigenvalue weighted by Gasteiger charge is 2.10. The summed E-state index contributed by atoms with van der Waals surface area (Å²) in [5, 5.41) is -0.0403. The van der Waals surface area contributed by atoms with E-state index in [2.05, 4.69) is 9.97 Å². The zero-order chi connectivity index (χ0) is 13.1. The maximum atomic E-state index is 13.6. The van der Waals surface area contributed by atoms with E-state index in [1.54, 1.807) is 6.07 Å². The fraction of sp³-hybridized carbons (Fsp3) is 0.0909. The van der Waals surface area contributed by atoms with E-state index >= 15 is 0 Å². The first-order chi connectivity index (χ1) is 8.60. The molecule has 0 atom stereocenters. The molecule has 0 aliphatic heterocycles. The first-order valence-electron chi connectivity index (χ1n) is 4.90. The Morgan fingerprint density at radius 1 is 1.28 bits per heavy atom. The summed E-state index contributed by atoms with van der Waals surface area (Å²) in [5.74, 6) is -0.467. The van der Waals surface area contributed by atoms with Crippen LogP contribution in [0.15, 0.2) is 24.3 Å². The van der Waals surface area contributed by atoms with Crippen LogP contribution in [0.2, 0.25) is 5.02 Å². The lowest BCUT2D eigenvalue weighted by Crippen LogP contribution is -2.00.